The van der Waals surface area contributed by atoms with Crippen molar-refractivity contribution < 1.29 is 84.7 Å². The van der Waals surface area contributed by atoms with E-state index in [2.05, 4.69) is 0 Å². The van der Waals surface area contributed by atoms with Crippen LogP contribution in [0.2, 0.25) is 0 Å². The predicted molar refractivity (Wildman–Crippen MR) is 237 cm³/mol. The van der Waals surface area contributed by atoms with E-state index in [1.165, 1.54) is 13.0 Å². The van der Waals surface area contributed by atoms with Crippen LogP contribution in [0.5, 0.6) is 0 Å². The van der Waals surface area contributed by atoms with Gasteiger partial charge in [-0.2, -0.15) is 0 Å². The molecule has 0 spiro atoms. The molecule has 19 atom stereocenters. The lowest BCUT2D eigenvalue weighted by Crippen LogP contribution is -2.61. The summed E-state index contributed by atoms with van der Waals surface area (Å²) in [6.07, 6.45) is 3.46. The molecule has 368 valence electrons. The summed E-state index contributed by atoms with van der Waals surface area (Å²) < 4.78 is 23.1. The zero-order valence-electron chi connectivity index (χ0n) is 37.6. The van der Waals surface area contributed by atoms with Crippen LogP contribution in [0.4, 0.5) is 0 Å². The van der Waals surface area contributed by atoms with Gasteiger partial charge in [0.2, 0.25) is 0 Å². The van der Waals surface area contributed by atoms with Crippen LogP contribution in [0, 0.1) is 17.8 Å². The Hall–Kier alpha value is -3.44. The molecule has 0 saturated carbocycles. The van der Waals surface area contributed by atoms with E-state index in [4.69, 9.17) is 24.7 Å². The maximum absolute atomic E-state index is 12.6. The van der Waals surface area contributed by atoms with E-state index < -0.39 is 147 Å². The molecular formula is C47H73NO17. The van der Waals surface area contributed by atoms with E-state index in [9.17, 15) is 65.8 Å². The van der Waals surface area contributed by atoms with Crippen molar-refractivity contribution in [1.82, 2.24) is 0 Å². The molecule has 3 heterocycles. The van der Waals surface area contributed by atoms with Crippen molar-refractivity contribution in [1.29, 1.82) is 0 Å². The Balaban J connectivity index is 1.86. The monoisotopic (exact) mass is 923 g/mol. The number of carboxylic acids is 1. The third-order valence-corrected chi connectivity index (χ3v) is 12.0. The first-order valence-electron chi connectivity index (χ1n) is 22.3. The number of allylic oxidation sites excluding steroid dienone is 12. The molecule has 0 aromatic rings. The Morgan fingerprint density at radius 1 is 0.662 bits per heavy atom. The van der Waals surface area contributed by atoms with Crippen molar-refractivity contribution >= 4 is 11.9 Å². The van der Waals surface area contributed by atoms with E-state index in [0.29, 0.717) is 0 Å². The molecule has 2 bridgehead atoms. The number of carbonyl (C=O) groups is 2. The minimum absolute atomic E-state index is 0.107. The molecule has 13 N–H and O–H groups in total. The van der Waals surface area contributed by atoms with Gasteiger partial charge >= 0.3 is 11.9 Å². The molecule has 3 aliphatic rings. The summed E-state index contributed by atoms with van der Waals surface area (Å²) in [5, 5.41) is 118. The van der Waals surface area contributed by atoms with Crippen molar-refractivity contribution in [3.8, 4) is 0 Å². The first kappa shape index (κ1) is 55.9. The minimum Gasteiger partial charge on any atom is -0.481 e. The molecule has 2 fully saturated rings. The quantitative estimate of drug-likeness (QED) is 0.174. The van der Waals surface area contributed by atoms with Crippen LogP contribution < -0.4 is 5.73 Å². The average Bonchev–Trinajstić information content (AvgIpc) is 3.21. The highest BCUT2D eigenvalue weighted by Crippen LogP contribution is 2.38. The van der Waals surface area contributed by atoms with Gasteiger partial charge in [0.1, 0.15) is 18.1 Å². The van der Waals surface area contributed by atoms with Gasteiger partial charge in [-0.15, -0.1) is 0 Å². The van der Waals surface area contributed by atoms with Crippen LogP contribution in [-0.4, -0.2) is 166 Å². The number of nitrogens with two attached hydrogens (primary N) is 1. The zero-order valence-corrected chi connectivity index (χ0v) is 37.6. The molecule has 18 heteroatoms. The zero-order chi connectivity index (χ0) is 48.4. The number of aliphatic carboxylic acids is 1. The van der Waals surface area contributed by atoms with E-state index in [-0.39, 0.29) is 31.6 Å². The summed E-state index contributed by atoms with van der Waals surface area (Å²) in [4.78, 5) is 25.1. The topological polar surface area (TPSA) is 320 Å². The number of ether oxygens (including phenoxy) is 4. The average molecular weight is 924 g/mol. The van der Waals surface area contributed by atoms with Crippen molar-refractivity contribution in [3.05, 3.63) is 85.1 Å². The largest absolute Gasteiger partial charge is 0.481 e. The van der Waals surface area contributed by atoms with E-state index in [1.807, 2.05) is 19.1 Å². The molecule has 65 heavy (non-hydrogen) atoms. The summed E-state index contributed by atoms with van der Waals surface area (Å²) in [7, 11) is 0. The van der Waals surface area contributed by atoms with Gasteiger partial charge in [-0.1, -0.05) is 98.9 Å². The number of esters is 1. The molecule has 0 amide bonds. The van der Waals surface area contributed by atoms with Crippen LogP contribution in [0.1, 0.15) is 79.1 Å². The van der Waals surface area contributed by atoms with Crippen molar-refractivity contribution in [2.45, 2.75) is 177 Å². The maximum atomic E-state index is 12.6. The van der Waals surface area contributed by atoms with Crippen LogP contribution in [0.15, 0.2) is 85.1 Å². The standard InChI is InChI=1S/C47H73NO17/c1-27-17-15-13-11-9-7-5-6-8-10-12-14-16-18-34(64-46-44(58)41(48)43(57)30(4)63-46)24-38-40(45(59)60)37(54)26-47(61,65-38)25-33(51)22-36(53)35(52)20-19-31(49)21-32(50)23-39(55)62-29(3)28(2)42(27)56/h5-18,27-38,40-44,46,49-54,56-58,61H,19-26,48H2,1-4H3,(H,59,60)/b6-5+,9-7+,10-8+,13-11+,14-12+,17-15+,18-16+/t27-,28+,29-,30+,31+,32+,33-,34-,35-,36+,37-,38-,40+,41-,42+,43+,44-,46-,47-/m0/s1. The van der Waals surface area contributed by atoms with Crippen LogP contribution in [0.25, 0.3) is 0 Å². The van der Waals surface area contributed by atoms with Gasteiger partial charge < -0.3 is 80.9 Å². The normalized spacial score (nSPS) is 45.5. The summed E-state index contributed by atoms with van der Waals surface area (Å²) in [6.45, 7) is 6.74. The Bertz CT molecular complexity index is 1670. The van der Waals surface area contributed by atoms with E-state index >= 15 is 0 Å². The highest BCUT2D eigenvalue weighted by atomic mass is 16.7. The molecule has 3 aliphatic heterocycles. The summed E-state index contributed by atoms with van der Waals surface area (Å²) in [6, 6.07) is -1.15. The van der Waals surface area contributed by atoms with Gasteiger partial charge in [0.25, 0.3) is 0 Å². The second-order valence-corrected chi connectivity index (χ2v) is 17.6. The maximum Gasteiger partial charge on any atom is 0.311 e. The van der Waals surface area contributed by atoms with Gasteiger partial charge in [-0.25, -0.2) is 0 Å². The molecule has 18 nitrogen and oxygen atoms in total. The van der Waals surface area contributed by atoms with E-state index in [1.54, 1.807) is 80.7 Å². The second kappa shape index (κ2) is 27.4. The van der Waals surface area contributed by atoms with Crippen molar-refractivity contribution in [2.24, 2.45) is 23.5 Å². The van der Waals surface area contributed by atoms with Gasteiger partial charge in [0.05, 0.1) is 79.6 Å². The molecular weight excluding hydrogens is 851 g/mol. The summed E-state index contributed by atoms with van der Waals surface area (Å²) in [5.41, 5.74) is 6.02. The molecule has 0 aliphatic carbocycles. The lowest BCUT2D eigenvalue weighted by Gasteiger charge is -2.45. The number of aliphatic hydroxyl groups is 10. The van der Waals surface area contributed by atoms with Gasteiger partial charge in [0.15, 0.2) is 12.1 Å². The van der Waals surface area contributed by atoms with Gasteiger partial charge in [-0.3, -0.25) is 9.59 Å². The van der Waals surface area contributed by atoms with Crippen molar-refractivity contribution in [2.75, 3.05) is 0 Å². The molecule has 0 unspecified atom stereocenters. The SMILES string of the molecule is C[C@H]1[C@H](O)[C@@H](C)/C=C/C=C/C=C/C=C/C=C/C=C/C=C/[C@H](O[C@@H]2O[C@H](C)[C@@H](O)[C@H](N)[C@@H]2O)C[C@@H]2O[C@@](O)(C[C@@H](O)C[C@@H](O)[C@@H](O)CC[C@@H](O)C[C@@H](O)CC(=O)O[C@H]1C)C[C@H](O)[C@H]2C(=O)O. The van der Waals surface area contributed by atoms with Crippen LogP contribution in [0.3, 0.4) is 0 Å². The number of carbonyl (C=O) groups excluding carboxylic acids is 1. The summed E-state index contributed by atoms with van der Waals surface area (Å²) >= 11 is 0. The molecule has 0 aromatic carbocycles. The first-order chi connectivity index (χ1) is 30.6. The molecule has 3 rings (SSSR count). The fourth-order valence-electron chi connectivity index (χ4n) is 7.97. The third-order valence-electron chi connectivity index (χ3n) is 12.0. The highest BCUT2D eigenvalue weighted by molar-refractivity contribution is 5.71. The third kappa shape index (κ3) is 18.6. The Morgan fingerprint density at radius 3 is 1.82 bits per heavy atom. The number of hydrogen-bond donors (Lipinski definition) is 12. The molecule has 2 saturated heterocycles. The highest BCUT2D eigenvalue weighted by Gasteiger charge is 2.51. The number of hydrogen-bond acceptors (Lipinski definition) is 17. The van der Waals surface area contributed by atoms with Crippen molar-refractivity contribution in [3.63, 3.8) is 0 Å². The summed E-state index contributed by atoms with van der Waals surface area (Å²) in [5.74, 6) is -6.83. The fraction of sp³-hybridized carbons (Fsp3) is 0.660. The smallest absolute Gasteiger partial charge is 0.311 e. The number of fused-ring (bicyclic) bond motifs is 2. The number of cyclic esters (lactones) is 1. The lowest BCUT2D eigenvalue weighted by molar-refractivity contribution is -0.308. The van der Waals surface area contributed by atoms with Crippen LogP contribution in [-0.2, 0) is 28.5 Å². The number of aliphatic hydroxyl groups excluding tert-OH is 9. The first-order valence-corrected chi connectivity index (χ1v) is 22.3. The van der Waals surface area contributed by atoms with Gasteiger partial charge in [-0.05, 0) is 33.1 Å². The van der Waals surface area contributed by atoms with E-state index in [0.717, 1.165) is 0 Å². The van der Waals surface area contributed by atoms with Crippen LogP contribution >= 0.6 is 0 Å². The Morgan fingerprint density at radius 2 is 1.23 bits per heavy atom. The fourth-order valence-corrected chi connectivity index (χ4v) is 7.97. The second-order valence-electron chi connectivity index (χ2n) is 17.6. The minimum atomic E-state index is -2.33. The Labute approximate surface area is 381 Å². The number of carboxylic acid groups (broad SMARTS) is 1. The Kier molecular flexibility index (Phi) is 23.6. The number of rotatable bonds is 3. The lowest BCUT2D eigenvalue weighted by atomic mass is 9.82. The molecule has 0 radical (unpaired) electrons. The predicted octanol–water partition coefficient (Wildman–Crippen LogP) is 0.712. The molecule has 0 aromatic heterocycles. The van der Waals surface area contributed by atoms with Gasteiger partial charge in [0, 0.05) is 37.5 Å².